The molecule has 1 aliphatic heterocycles. The summed E-state index contributed by atoms with van der Waals surface area (Å²) in [6, 6.07) is 0.130. The Labute approximate surface area is 142 Å². The quantitative estimate of drug-likeness (QED) is 0.871. The molecule has 24 heavy (non-hydrogen) atoms. The lowest BCUT2D eigenvalue weighted by Crippen LogP contribution is -2.54. The maximum atomic E-state index is 12.6. The van der Waals surface area contributed by atoms with Crippen LogP contribution in [0.15, 0.2) is 12.3 Å². The van der Waals surface area contributed by atoms with Crippen molar-refractivity contribution in [1.82, 2.24) is 9.88 Å². The van der Waals surface area contributed by atoms with Crippen LogP contribution in [0.4, 0.5) is 19.0 Å². The predicted molar refractivity (Wildman–Crippen MR) is 82.9 cm³/mol. The molecule has 134 valence electrons. The first-order chi connectivity index (χ1) is 11.2. The molecule has 1 amide bonds. The van der Waals surface area contributed by atoms with Crippen molar-refractivity contribution < 1.29 is 22.7 Å². The highest BCUT2D eigenvalue weighted by atomic mass is 35.5. The third-order valence-electron chi connectivity index (χ3n) is 3.70. The van der Waals surface area contributed by atoms with Gasteiger partial charge in [-0.1, -0.05) is 11.6 Å². The second-order valence-corrected chi connectivity index (χ2v) is 5.81. The summed E-state index contributed by atoms with van der Waals surface area (Å²) < 4.78 is 42.8. The van der Waals surface area contributed by atoms with Crippen molar-refractivity contribution in [3.63, 3.8) is 0 Å². The summed E-state index contributed by atoms with van der Waals surface area (Å²) >= 11 is 5.94. The Hall–Kier alpha value is -1.58. The highest BCUT2D eigenvalue weighted by molar-refractivity contribution is 6.33. The molecule has 1 aromatic heterocycles. The molecule has 10 heteroatoms. The third kappa shape index (κ3) is 4.28. The summed E-state index contributed by atoms with van der Waals surface area (Å²) in [5.74, 6) is 0.0564. The molecule has 0 radical (unpaired) electrons. The van der Waals surface area contributed by atoms with E-state index < -0.39 is 17.8 Å². The normalized spacial score (nSPS) is 17.1. The number of carbonyl (C=O) groups is 1. The molecule has 0 aliphatic carbocycles. The van der Waals surface area contributed by atoms with Crippen LogP contribution in [0, 0.1) is 0 Å². The van der Waals surface area contributed by atoms with Crippen molar-refractivity contribution in [2.24, 2.45) is 5.73 Å². The van der Waals surface area contributed by atoms with E-state index in [0.29, 0.717) is 26.2 Å². The maximum absolute atomic E-state index is 12.6. The predicted octanol–water partition coefficient (Wildman–Crippen LogP) is 1.38. The first-order valence-electron chi connectivity index (χ1n) is 7.25. The van der Waals surface area contributed by atoms with E-state index in [-0.39, 0.29) is 23.4 Å². The molecule has 1 saturated heterocycles. The van der Waals surface area contributed by atoms with Crippen molar-refractivity contribution in [1.29, 1.82) is 0 Å². The van der Waals surface area contributed by atoms with Crippen LogP contribution in [-0.4, -0.2) is 61.7 Å². The molecule has 0 saturated carbocycles. The van der Waals surface area contributed by atoms with E-state index in [0.717, 1.165) is 12.3 Å². The van der Waals surface area contributed by atoms with Gasteiger partial charge in [-0.15, -0.1) is 0 Å². The highest BCUT2D eigenvalue weighted by Crippen LogP contribution is 2.33. The Morgan fingerprint density at radius 3 is 2.54 bits per heavy atom. The molecule has 1 atom stereocenters. The van der Waals surface area contributed by atoms with E-state index in [1.807, 2.05) is 0 Å². The molecule has 0 aromatic carbocycles. The topological polar surface area (TPSA) is 71.7 Å². The zero-order chi connectivity index (χ0) is 17.9. The van der Waals surface area contributed by atoms with Gasteiger partial charge in [0, 0.05) is 39.5 Å². The number of rotatable bonds is 4. The van der Waals surface area contributed by atoms with Crippen molar-refractivity contribution >= 4 is 23.3 Å². The number of amides is 1. The Bertz CT molecular complexity index is 592. The number of anilines is 1. The number of aromatic nitrogens is 1. The van der Waals surface area contributed by atoms with E-state index in [2.05, 4.69) is 4.98 Å². The van der Waals surface area contributed by atoms with Crippen LogP contribution in [0.3, 0.4) is 0 Å². The van der Waals surface area contributed by atoms with E-state index in [1.54, 1.807) is 9.80 Å². The Kier molecular flexibility index (Phi) is 5.89. The van der Waals surface area contributed by atoms with Gasteiger partial charge in [-0.05, 0) is 6.07 Å². The number of piperazine rings is 1. The number of ether oxygens (including phenoxy) is 1. The number of hydrogen-bond donors (Lipinski definition) is 1. The first kappa shape index (κ1) is 18.8. The molecular weight excluding hydrogens is 349 g/mol. The van der Waals surface area contributed by atoms with Gasteiger partial charge in [0.25, 0.3) is 0 Å². The fraction of sp³-hybridized carbons (Fsp3) is 0.571. The van der Waals surface area contributed by atoms with Gasteiger partial charge in [0.15, 0.2) is 0 Å². The average Bonchev–Trinajstić information content (AvgIpc) is 2.53. The van der Waals surface area contributed by atoms with Crippen molar-refractivity contribution in [2.45, 2.75) is 12.2 Å². The molecule has 0 spiro atoms. The Morgan fingerprint density at radius 1 is 1.42 bits per heavy atom. The minimum Gasteiger partial charge on any atom is -0.383 e. The molecule has 1 aliphatic rings. The Balaban J connectivity index is 2.01. The summed E-state index contributed by atoms with van der Waals surface area (Å²) in [7, 11) is 1.46. The summed E-state index contributed by atoms with van der Waals surface area (Å²) in [6.07, 6.45) is -3.73. The third-order valence-corrected chi connectivity index (χ3v) is 3.98. The molecule has 2 rings (SSSR count). The molecule has 0 bridgehead atoms. The van der Waals surface area contributed by atoms with Crippen LogP contribution < -0.4 is 10.6 Å². The van der Waals surface area contributed by atoms with E-state index in [9.17, 15) is 18.0 Å². The van der Waals surface area contributed by atoms with Crippen LogP contribution in [0.1, 0.15) is 5.56 Å². The van der Waals surface area contributed by atoms with Gasteiger partial charge in [0.1, 0.15) is 11.9 Å². The number of nitrogens with zero attached hydrogens (tertiary/aromatic N) is 3. The van der Waals surface area contributed by atoms with Gasteiger partial charge in [-0.25, -0.2) is 4.98 Å². The second-order valence-electron chi connectivity index (χ2n) is 5.40. The number of hydrogen-bond acceptors (Lipinski definition) is 5. The number of carbonyl (C=O) groups excluding carboxylic acids is 1. The minimum absolute atomic E-state index is 0.0688. The van der Waals surface area contributed by atoms with Crippen molar-refractivity contribution in [2.75, 3.05) is 44.8 Å². The monoisotopic (exact) mass is 366 g/mol. The number of halogens is 4. The summed E-state index contributed by atoms with van der Waals surface area (Å²) in [4.78, 5) is 19.3. The molecule has 1 unspecified atom stereocenters. The standard InChI is InChI=1S/C14H18ClF3N4O2/c1-24-8-11(19)13(23)22-4-2-21(3-5-22)12-10(15)6-9(7-20-12)14(16,17)18/h6-7,11H,2-5,8,19H2,1H3. The lowest BCUT2D eigenvalue weighted by molar-refractivity contribution is -0.138. The largest absolute Gasteiger partial charge is 0.417 e. The van der Waals surface area contributed by atoms with Crippen LogP contribution >= 0.6 is 11.6 Å². The number of alkyl halides is 3. The molecule has 6 nitrogen and oxygen atoms in total. The molecule has 2 N–H and O–H groups in total. The first-order valence-corrected chi connectivity index (χ1v) is 7.63. The maximum Gasteiger partial charge on any atom is 0.417 e. The molecule has 1 aromatic rings. The van der Waals surface area contributed by atoms with Crippen molar-refractivity contribution in [3.8, 4) is 0 Å². The highest BCUT2D eigenvalue weighted by Gasteiger charge is 2.32. The minimum atomic E-state index is -4.49. The molecular formula is C14H18ClF3N4O2. The second kappa shape index (κ2) is 7.54. The van der Waals surface area contributed by atoms with Crippen LogP contribution in [-0.2, 0) is 15.7 Å². The van der Waals surface area contributed by atoms with Crippen LogP contribution in [0.2, 0.25) is 5.02 Å². The van der Waals surface area contributed by atoms with E-state index in [4.69, 9.17) is 22.1 Å². The number of methoxy groups -OCH3 is 1. The van der Waals surface area contributed by atoms with E-state index in [1.165, 1.54) is 7.11 Å². The molecule has 2 heterocycles. The van der Waals surface area contributed by atoms with Gasteiger partial charge in [-0.3, -0.25) is 4.79 Å². The zero-order valence-corrected chi connectivity index (χ0v) is 13.8. The summed E-state index contributed by atoms with van der Waals surface area (Å²) in [6.45, 7) is 1.71. The summed E-state index contributed by atoms with van der Waals surface area (Å²) in [5, 5.41) is -0.0688. The van der Waals surface area contributed by atoms with Crippen molar-refractivity contribution in [3.05, 3.63) is 22.8 Å². The van der Waals surface area contributed by atoms with E-state index >= 15 is 0 Å². The average molecular weight is 367 g/mol. The van der Waals surface area contributed by atoms with Gasteiger partial charge in [0.05, 0.1) is 17.2 Å². The fourth-order valence-electron chi connectivity index (χ4n) is 2.44. The number of pyridine rings is 1. The lowest BCUT2D eigenvalue weighted by Gasteiger charge is -2.36. The van der Waals surface area contributed by atoms with Gasteiger partial charge >= 0.3 is 6.18 Å². The fourth-order valence-corrected chi connectivity index (χ4v) is 2.73. The molecule has 1 fully saturated rings. The lowest BCUT2D eigenvalue weighted by atomic mass is 10.2. The van der Waals surface area contributed by atoms with Gasteiger partial charge < -0.3 is 20.3 Å². The van der Waals surface area contributed by atoms with Crippen LogP contribution in [0.25, 0.3) is 0 Å². The van der Waals surface area contributed by atoms with Gasteiger partial charge in [0.2, 0.25) is 5.91 Å². The Morgan fingerprint density at radius 2 is 2.04 bits per heavy atom. The summed E-state index contributed by atoms with van der Waals surface area (Å²) in [5.41, 5.74) is 4.82. The van der Waals surface area contributed by atoms with Gasteiger partial charge in [-0.2, -0.15) is 13.2 Å². The smallest absolute Gasteiger partial charge is 0.383 e. The SMILES string of the molecule is COCC(N)C(=O)N1CCN(c2ncc(C(F)(F)F)cc2Cl)CC1. The zero-order valence-electron chi connectivity index (χ0n) is 13.0. The number of nitrogens with two attached hydrogens (primary N) is 1. The van der Waals surface area contributed by atoms with Crippen LogP contribution in [0.5, 0.6) is 0 Å².